The molecule has 1 aliphatic rings. The molecule has 3 amide bonds. The van der Waals surface area contributed by atoms with Crippen LogP contribution in [0.25, 0.3) is 0 Å². The van der Waals surface area contributed by atoms with E-state index in [1.165, 1.54) is 0 Å². The van der Waals surface area contributed by atoms with Crippen LogP contribution < -0.4 is 10.6 Å². The number of nitrogens with zero attached hydrogens (tertiary/aromatic N) is 1. The molecule has 3 rings (SSSR count). The van der Waals surface area contributed by atoms with Gasteiger partial charge in [0, 0.05) is 28.1 Å². The van der Waals surface area contributed by atoms with Gasteiger partial charge in [0.1, 0.15) is 0 Å². The lowest BCUT2D eigenvalue weighted by molar-refractivity contribution is -0.121. The topological polar surface area (TPSA) is 61.4 Å². The minimum Gasteiger partial charge on any atom is -0.333 e. The maximum Gasteiger partial charge on any atom is 0.317 e. The minimum absolute atomic E-state index is 0.0255. The second-order valence-corrected chi connectivity index (χ2v) is 8.36. The molecule has 7 heteroatoms. The standard InChI is InChI=1S/C19H22BrN3O2S/c1-13-10-15(6-7-17(13)20)22-18(24)14-4-2-8-23(12-14)19(25)21-11-16-5-3-9-26-16/h3,5-7,9-10,14H,2,4,8,11-12H2,1H3,(H,21,25)(H,22,24). The van der Waals surface area contributed by atoms with Crippen LogP contribution in [-0.4, -0.2) is 29.9 Å². The number of anilines is 1. The van der Waals surface area contributed by atoms with Crippen molar-refractivity contribution in [2.24, 2.45) is 5.92 Å². The predicted molar refractivity (Wildman–Crippen MR) is 108 cm³/mol. The zero-order valence-corrected chi connectivity index (χ0v) is 17.0. The van der Waals surface area contributed by atoms with Crippen molar-refractivity contribution >= 4 is 44.9 Å². The summed E-state index contributed by atoms with van der Waals surface area (Å²) in [5.74, 6) is -0.206. The van der Waals surface area contributed by atoms with E-state index in [1.54, 1.807) is 16.2 Å². The van der Waals surface area contributed by atoms with Crippen molar-refractivity contribution in [2.75, 3.05) is 18.4 Å². The molecule has 138 valence electrons. The normalized spacial score (nSPS) is 17.0. The van der Waals surface area contributed by atoms with Gasteiger partial charge in [-0.05, 0) is 55.0 Å². The molecule has 1 aromatic heterocycles. The summed E-state index contributed by atoms with van der Waals surface area (Å²) in [6, 6.07) is 9.61. The second kappa shape index (κ2) is 8.68. The Morgan fingerprint density at radius 3 is 2.92 bits per heavy atom. The number of nitrogens with one attached hydrogen (secondary N) is 2. The van der Waals surface area contributed by atoms with Crippen molar-refractivity contribution in [1.29, 1.82) is 0 Å². The van der Waals surface area contributed by atoms with E-state index in [1.807, 2.05) is 42.6 Å². The number of rotatable bonds is 4. The number of aryl methyl sites for hydroxylation is 1. The average molecular weight is 436 g/mol. The van der Waals surface area contributed by atoms with Gasteiger partial charge < -0.3 is 15.5 Å². The summed E-state index contributed by atoms with van der Waals surface area (Å²) in [7, 11) is 0. The SMILES string of the molecule is Cc1cc(NC(=O)C2CCCN(C(=O)NCc3cccs3)C2)ccc1Br. The van der Waals surface area contributed by atoms with E-state index in [4.69, 9.17) is 0 Å². The van der Waals surface area contributed by atoms with Gasteiger partial charge in [0.05, 0.1) is 12.5 Å². The third kappa shape index (κ3) is 4.86. The number of carbonyl (C=O) groups excluding carboxylic acids is 2. The summed E-state index contributed by atoms with van der Waals surface area (Å²) >= 11 is 5.08. The Hall–Kier alpha value is -1.86. The van der Waals surface area contributed by atoms with Crippen molar-refractivity contribution in [3.05, 3.63) is 50.6 Å². The zero-order chi connectivity index (χ0) is 18.5. The molecule has 0 bridgehead atoms. The van der Waals surface area contributed by atoms with Gasteiger partial charge in [-0.2, -0.15) is 0 Å². The number of hydrogen-bond acceptors (Lipinski definition) is 3. The number of amides is 3. The molecule has 2 N–H and O–H groups in total. The monoisotopic (exact) mass is 435 g/mol. The fraction of sp³-hybridized carbons (Fsp3) is 0.368. The van der Waals surface area contributed by atoms with Crippen LogP contribution >= 0.6 is 27.3 Å². The highest BCUT2D eigenvalue weighted by atomic mass is 79.9. The van der Waals surface area contributed by atoms with E-state index < -0.39 is 0 Å². The number of piperidine rings is 1. The number of thiophene rings is 1. The molecule has 5 nitrogen and oxygen atoms in total. The van der Waals surface area contributed by atoms with Gasteiger partial charge in [0.15, 0.2) is 0 Å². The van der Waals surface area contributed by atoms with Gasteiger partial charge in [-0.1, -0.05) is 22.0 Å². The molecule has 2 heterocycles. The summed E-state index contributed by atoms with van der Waals surface area (Å²) in [6.45, 7) is 3.66. The summed E-state index contributed by atoms with van der Waals surface area (Å²) in [5, 5.41) is 7.91. The number of likely N-dealkylation sites (tertiary alicyclic amines) is 1. The minimum atomic E-state index is -0.180. The van der Waals surface area contributed by atoms with Crippen LogP contribution in [0, 0.1) is 12.8 Å². The Bertz CT molecular complexity index is 779. The van der Waals surface area contributed by atoms with E-state index >= 15 is 0 Å². The van der Waals surface area contributed by atoms with Crippen LogP contribution in [0.2, 0.25) is 0 Å². The first-order valence-electron chi connectivity index (χ1n) is 8.65. The highest BCUT2D eigenvalue weighted by Crippen LogP contribution is 2.22. The van der Waals surface area contributed by atoms with Crippen LogP contribution in [0.4, 0.5) is 10.5 Å². The third-order valence-electron chi connectivity index (χ3n) is 4.50. The molecule has 1 unspecified atom stereocenters. The van der Waals surface area contributed by atoms with E-state index in [-0.39, 0.29) is 17.9 Å². The van der Waals surface area contributed by atoms with E-state index in [0.717, 1.165) is 33.4 Å². The fourth-order valence-electron chi connectivity index (χ4n) is 3.03. The Morgan fingerprint density at radius 1 is 1.35 bits per heavy atom. The molecule has 1 fully saturated rings. The van der Waals surface area contributed by atoms with Crippen molar-refractivity contribution in [2.45, 2.75) is 26.3 Å². The van der Waals surface area contributed by atoms with Gasteiger partial charge in [0.2, 0.25) is 5.91 Å². The van der Waals surface area contributed by atoms with Crippen LogP contribution in [0.3, 0.4) is 0 Å². The van der Waals surface area contributed by atoms with Gasteiger partial charge in [0.25, 0.3) is 0 Å². The van der Waals surface area contributed by atoms with Crippen LogP contribution in [-0.2, 0) is 11.3 Å². The molecular formula is C19H22BrN3O2S. The lowest BCUT2D eigenvalue weighted by atomic mass is 9.97. The number of carbonyl (C=O) groups is 2. The molecule has 1 aliphatic heterocycles. The molecule has 26 heavy (non-hydrogen) atoms. The van der Waals surface area contributed by atoms with Crippen molar-refractivity contribution in [3.63, 3.8) is 0 Å². The van der Waals surface area contributed by atoms with E-state index in [2.05, 4.69) is 26.6 Å². The maximum absolute atomic E-state index is 12.6. The molecule has 1 aromatic carbocycles. The lowest BCUT2D eigenvalue weighted by Crippen LogP contribution is -2.47. The maximum atomic E-state index is 12.6. The van der Waals surface area contributed by atoms with Crippen LogP contribution in [0.1, 0.15) is 23.3 Å². The van der Waals surface area contributed by atoms with Crippen molar-refractivity contribution in [3.8, 4) is 0 Å². The predicted octanol–water partition coefficient (Wildman–Crippen LogP) is 4.38. The smallest absolute Gasteiger partial charge is 0.317 e. The summed E-state index contributed by atoms with van der Waals surface area (Å²) in [5.41, 5.74) is 1.86. The molecule has 0 spiro atoms. The Morgan fingerprint density at radius 2 is 2.19 bits per heavy atom. The highest BCUT2D eigenvalue weighted by molar-refractivity contribution is 9.10. The van der Waals surface area contributed by atoms with Gasteiger partial charge in [-0.15, -0.1) is 11.3 Å². The molecule has 0 radical (unpaired) electrons. The van der Waals surface area contributed by atoms with Crippen molar-refractivity contribution < 1.29 is 9.59 Å². The largest absolute Gasteiger partial charge is 0.333 e. The van der Waals surface area contributed by atoms with Crippen molar-refractivity contribution in [1.82, 2.24) is 10.2 Å². The molecule has 1 atom stereocenters. The van der Waals surface area contributed by atoms with Crippen LogP contribution in [0.15, 0.2) is 40.2 Å². The first-order chi connectivity index (χ1) is 12.5. The summed E-state index contributed by atoms with van der Waals surface area (Å²) in [4.78, 5) is 27.8. The van der Waals surface area contributed by atoms with Gasteiger partial charge >= 0.3 is 6.03 Å². The average Bonchev–Trinajstić information content (AvgIpc) is 3.16. The molecule has 0 aliphatic carbocycles. The second-order valence-electron chi connectivity index (χ2n) is 6.48. The lowest BCUT2D eigenvalue weighted by Gasteiger charge is -2.32. The van der Waals surface area contributed by atoms with E-state index in [0.29, 0.717) is 19.6 Å². The quantitative estimate of drug-likeness (QED) is 0.748. The number of hydrogen-bond donors (Lipinski definition) is 2. The zero-order valence-electron chi connectivity index (χ0n) is 14.6. The number of urea groups is 1. The Kier molecular flexibility index (Phi) is 6.32. The molecule has 2 aromatic rings. The molecule has 1 saturated heterocycles. The highest BCUT2D eigenvalue weighted by Gasteiger charge is 2.28. The van der Waals surface area contributed by atoms with E-state index in [9.17, 15) is 9.59 Å². The number of halogens is 1. The Balaban J connectivity index is 1.54. The molecule has 0 saturated carbocycles. The summed E-state index contributed by atoms with van der Waals surface area (Å²) in [6.07, 6.45) is 1.64. The van der Waals surface area contributed by atoms with Gasteiger partial charge in [-0.3, -0.25) is 4.79 Å². The first kappa shape index (κ1) is 18.9. The third-order valence-corrected chi connectivity index (χ3v) is 6.26. The first-order valence-corrected chi connectivity index (χ1v) is 10.3. The molecular weight excluding hydrogens is 414 g/mol. The fourth-order valence-corrected chi connectivity index (χ4v) is 3.92. The number of benzene rings is 1. The summed E-state index contributed by atoms with van der Waals surface area (Å²) < 4.78 is 1.02. The van der Waals surface area contributed by atoms with Crippen LogP contribution in [0.5, 0.6) is 0 Å². The van der Waals surface area contributed by atoms with Gasteiger partial charge in [-0.25, -0.2) is 4.79 Å². The Labute approximate surface area is 165 Å².